The van der Waals surface area contributed by atoms with Gasteiger partial charge in [-0.3, -0.25) is 0 Å². The highest BCUT2D eigenvalue weighted by atomic mass is 79.9. The Morgan fingerprint density at radius 3 is 2.35 bits per heavy atom. The molecule has 0 fully saturated rings. The molecule has 0 saturated carbocycles. The SMILES string of the molecule is CCS(=O)(=O)C(Br)(Br)C(O)c1ccccc1C. The van der Waals surface area contributed by atoms with E-state index in [1.165, 1.54) is 6.92 Å². The number of benzene rings is 1. The fourth-order valence-corrected chi connectivity index (χ4v) is 4.16. The lowest BCUT2D eigenvalue weighted by atomic mass is 10.1. The maximum Gasteiger partial charge on any atom is 0.210 e. The van der Waals surface area contributed by atoms with Gasteiger partial charge in [-0.2, -0.15) is 0 Å². The molecule has 6 heteroatoms. The average Bonchev–Trinajstić information content (AvgIpc) is 2.28. The van der Waals surface area contributed by atoms with E-state index in [2.05, 4.69) is 31.9 Å². The molecule has 1 atom stereocenters. The van der Waals surface area contributed by atoms with E-state index in [9.17, 15) is 13.5 Å². The van der Waals surface area contributed by atoms with E-state index in [0.29, 0.717) is 5.56 Å². The van der Waals surface area contributed by atoms with Gasteiger partial charge in [0.25, 0.3) is 0 Å². The molecule has 1 N–H and O–H groups in total. The first kappa shape index (κ1) is 15.1. The Hall–Kier alpha value is 0.0900. The molecular weight excluding hydrogens is 372 g/mol. The summed E-state index contributed by atoms with van der Waals surface area (Å²) >= 11 is 6.16. The number of alkyl halides is 2. The second-order valence-electron chi connectivity index (χ2n) is 3.72. The molecule has 0 amide bonds. The van der Waals surface area contributed by atoms with E-state index in [1.54, 1.807) is 12.1 Å². The lowest BCUT2D eigenvalue weighted by molar-refractivity contribution is 0.188. The van der Waals surface area contributed by atoms with Gasteiger partial charge in [-0.25, -0.2) is 8.42 Å². The lowest BCUT2D eigenvalue weighted by Crippen LogP contribution is -2.34. The molecule has 0 spiro atoms. The van der Waals surface area contributed by atoms with E-state index in [-0.39, 0.29) is 5.75 Å². The zero-order valence-corrected chi connectivity index (χ0v) is 13.5. The highest BCUT2D eigenvalue weighted by molar-refractivity contribution is 9.28. The second-order valence-corrected chi connectivity index (χ2v) is 10.8. The normalized spacial score (nSPS) is 14.6. The largest absolute Gasteiger partial charge is 0.385 e. The molecule has 0 bridgehead atoms. The first-order valence-electron chi connectivity index (χ1n) is 5.07. The van der Waals surface area contributed by atoms with Crippen molar-refractivity contribution in [2.24, 2.45) is 0 Å². The van der Waals surface area contributed by atoms with Crippen molar-refractivity contribution < 1.29 is 13.5 Å². The smallest absolute Gasteiger partial charge is 0.210 e. The minimum absolute atomic E-state index is 0.0631. The summed E-state index contributed by atoms with van der Waals surface area (Å²) in [5.74, 6) is -0.0631. The van der Waals surface area contributed by atoms with Crippen LogP contribution in [0.25, 0.3) is 0 Å². The molecular formula is C11H14Br2O3S. The van der Waals surface area contributed by atoms with Crippen LogP contribution in [0.15, 0.2) is 24.3 Å². The zero-order valence-electron chi connectivity index (χ0n) is 9.52. The van der Waals surface area contributed by atoms with Crippen molar-refractivity contribution in [1.29, 1.82) is 0 Å². The molecule has 0 aromatic heterocycles. The molecule has 0 radical (unpaired) electrons. The van der Waals surface area contributed by atoms with Gasteiger partial charge in [0.2, 0.25) is 2.57 Å². The molecule has 1 aromatic carbocycles. The minimum atomic E-state index is -3.48. The van der Waals surface area contributed by atoms with Gasteiger partial charge in [0.15, 0.2) is 9.84 Å². The van der Waals surface area contributed by atoms with Gasteiger partial charge in [-0.1, -0.05) is 63.0 Å². The van der Waals surface area contributed by atoms with Gasteiger partial charge < -0.3 is 5.11 Å². The van der Waals surface area contributed by atoms with Crippen molar-refractivity contribution in [2.75, 3.05) is 5.75 Å². The van der Waals surface area contributed by atoms with Crippen molar-refractivity contribution >= 4 is 41.7 Å². The van der Waals surface area contributed by atoms with Crippen LogP contribution in [0.3, 0.4) is 0 Å². The van der Waals surface area contributed by atoms with Crippen molar-refractivity contribution in [2.45, 2.75) is 22.5 Å². The average molecular weight is 386 g/mol. The highest BCUT2D eigenvalue weighted by Crippen LogP contribution is 2.45. The van der Waals surface area contributed by atoms with Crippen LogP contribution in [0.4, 0.5) is 0 Å². The summed E-state index contributed by atoms with van der Waals surface area (Å²) in [4.78, 5) is 0. The fourth-order valence-electron chi connectivity index (χ4n) is 1.44. The highest BCUT2D eigenvalue weighted by Gasteiger charge is 2.45. The maximum atomic E-state index is 11.9. The Bertz CT molecular complexity index is 497. The van der Waals surface area contributed by atoms with Gasteiger partial charge in [-0.05, 0) is 18.1 Å². The Labute approximate surface area is 118 Å². The van der Waals surface area contributed by atoms with Gasteiger partial charge in [0.1, 0.15) is 6.10 Å². The van der Waals surface area contributed by atoms with Crippen molar-refractivity contribution in [3.05, 3.63) is 35.4 Å². The molecule has 1 rings (SSSR count). The lowest BCUT2D eigenvalue weighted by Gasteiger charge is -2.27. The summed E-state index contributed by atoms with van der Waals surface area (Å²) in [5.41, 5.74) is 1.42. The van der Waals surface area contributed by atoms with E-state index in [0.717, 1.165) is 5.56 Å². The van der Waals surface area contributed by atoms with Gasteiger partial charge in [0.05, 0.1) is 0 Å². The molecule has 0 aliphatic rings. The zero-order chi connectivity index (χ0) is 13.3. The standard InChI is InChI=1S/C11H14Br2O3S/c1-3-17(15,16)11(12,13)10(14)9-7-5-4-6-8(9)2/h4-7,10,14H,3H2,1-2H3. The third kappa shape index (κ3) is 2.92. The number of aryl methyl sites for hydroxylation is 1. The predicted molar refractivity (Wildman–Crippen MR) is 76.2 cm³/mol. The summed E-state index contributed by atoms with van der Waals surface area (Å²) in [6.45, 7) is 3.37. The third-order valence-corrected chi connectivity index (χ3v) is 8.24. The van der Waals surface area contributed by atoms with Crippen LogP contribution < -0.4 is 0 Å². The Kier molecular flexibility index (Phi) is 4.80. The van der Waals surface area contributed by atoms with Crippen LogP contribution in [-0.2, 0) is 9.84 Å². The monoisotopic (exact) mass is 384 g/mol. The number of rotatable bonds is 4. The predicted octanol–water partition coefficient (Wildman–Crippen LogP) is 2.91. The summed E-state index contributed by atoms with van der Waals surface area (Å²) in [6.07, 6.45) is -1.17. The van der Waals surface area contributed by atoms with Crippen LogP contribution in [0.1, 0.15) is 24.2 Å². The van der Waals surface area contributed by atoms with Crippen LogP contribution in [0.5, 0.6) is 0 Å². The number of sulfone groups is 1. The summed E-state index contributed by atoms with van der Waals surface area (Å²) in [6, 6.07) is 7.14. The summed E-state index contributed by atoms with van der Waals surface area (Å²) in [7, 11) is -3.48. The molecule has 1 unspecified atom stereocenters. The topological polar surface area (TPSA) is 54.4 Å². The Morgan fingerprint density at radius 2 is 1.88 bits per heavy atom. The number of aliphatic hydroxyl groups excluding tert-OH is 1. The van der Waals surface area contributed by atoms with Crippen LogP contribution >= 0.6 is 31.9 Å². The maximum absolute atomic E-state index is 11.9. The van der Waals surface area contributed by atoms with Gasteiger partial charge in [0, 0.05) is 5.75 Å². The summed E-state index contributed by atoms with van der Waals surface area (Å²) in [5, 5.41) is 10.2. The molecule has 0 aliphatic carbocycles. The van der Waals surface area contributed by atoms with E-state index in [4.69, 9.17) is 0 Å². The van der Waals surface area contributed by atoms with Gasteiger partial charge >= 0.3 is 0 Å². The van der Waals surface area contributed by atoms with E-state index >= 15 is 0 Å². The van der Waals surface area contributed by atoms with Crippen LogP contribution in [0.2, 0.25) is 0 Å². The quantitative estimate of drug-likeness (QED) is 0.810. The van der Waals surface area contributed by atoms with E-state index in [1.807, 2.05) is 19.1 Å². The van der Waals surface area contributed by atoms with Crippen LogP contribution in [-0.4, -0.2) is 21.8 Å². The third-order valence-electron chi connectivity index (χ3n) is 2.60. The first-order valence-corrected chi connectivity index (χ1v) is 8.31. The number of hydrogen-bond acceptors (Lipinski definition) is 3. The minimum Gasteiger partial charge on any atom is -0.385 e. The van der Waals surface area contributed by atoms with Gasteiger partial charge in [-0.15, -0.1) is 0 Å². The molecule has 96 valence electrons. The molecule has 1 aromatic rings. The first-order chi connectivity index (χ1) is 7.74. The molecule has 0 aliphatic heterocycles. The van der Waals surface area contributed by atoms with Crippen molar-refractivity contribution in [3.63, 3.8) is 0 Å². The Balaban J connectivity index is 3.23. The number of halogens is 2. The molecule has 0 saturated heterocycles. The summed E-state index contributed by atoms with van der Waals surface area (Å²) < 4.78 is 22.2. The molecule has 17 heavy (non-hydrogen) atoms. The van der Waals surface area contributed by atoms with Crippen molar-refractivity contribution in [3.8, 4) is 0 Å². The van der Waals surface area contributed by atoms with Crippen molar-refractivity contribution in [1.82, 2.24) is 0 Å². The van der Waals surface area contributed by atoms with E-state index < -0.39 is 18.5 Å². The second kappa shape index (κ2) is 5.38. The van der Waals surface area contributed by atoms with Crippen LogP contribution in [0, 0.1) is 6.92 Å². The molecule has 3 nitrogen and oxygen atoms in total. The number of hydrogen-bond donors (Lipinski definition) is 1. The molecule has 0 heterocycles. The Morgan fingerprint density at radius 1 is 1.35 bits per heavy atom. The fraction of sp³-hybridized carbons (Fsp3) is 0.455. The number of aliphatic hydroxyl groups is 1.